The fraction of sp³-hybridized carbons (Fsp3) is 0.238. The fourth-order valence-electron chi connectivity index (χ4n) is 2.73. The fourth-order valence-corrected chi connectivity index (χ4v) is 2.73. The zero-order valence-corrected chi connectivity index (χ0v) is 16.1. The summed E-state index contributed by atoms with van der Waals surface area (Å²) in [4.78, 5) is 12.3. The summed E-state index contributed by atoms with van der Waals surface area (Å²) in [6.07, 6.45) is -5.59. The standard InChI is InChI=1S/C21H20F3N3O3/c1-14-10-19(26-27(14)16-7-3-2-4-8-16)20(29)25-12-17(28)13-30-18-9-5-6-15(11-18)21(22,23)24/h2-11,17,28H,12-13H2,1H3,(H,25,29). The number of aryl methyl sites for hydroxylation is 1. The van der Waals surface area contributed by atoms with Crippen LogP contribution in [0, 0.1) is 6.92 Å². The van der Waals surface area contributed by atoms with Crippen molar-refractivity contribution in [3.8, 4) is 11.4 Å². The summed E-state index contributed by atoms with van der Waals surface area (Å²) in [6.45, 7) is 1.39. The molecule has 1 amide bonds. The van der Waals surface area contributed by atoms with Gasteiger partial charge in [0.05, 0.1) is 11.3 Å². The van der Waals surface area contributed by atoms with Gasteiger partial charge < -0.3 is 15.2 Å². The first-order chi connectivity index (χ1) is 14.2. The third-order valence-corrected chi connectivity index (χ3v) is 4.22. The van der Waals surface area contributed by atoms with Crippen LogP contribution in [0.25, 0.3) is 5.69 Å². The smallest absolute Gasteiger partial charge is 0.416 e. The lowest BCUT2D eigenvalue weighted by atomic mass is 10.2. The second kappa shape index (κ2) is 9.00. The number of aliphatic hydroxyl groups excluding tert-OH is 1. The van der Waals surface area contributed by atoms with Crippen molar-refractivity contribution in [1.82, 2.24) is 15.1 Å². The van der Waals surface area contributed by atoms with E-state index in [1.54, 1.807) is 10.7 Å². The van der Waals surface area contributed by atoms with E-state index in [-0.39, 0.29) is 24.6 Å². The number of alkyl halides is 3. The molecule has 9 heteroatoms. The number of amides is 1. The van der Waals surface area contributed by atoms with Crippen molar-refractivity contribution in [2.24, 2.45) is 0 Å². The Labute approximate surface area is 170 Å². The van der Waals surface area contributed by atoms with E-state index < -0.39 is 23.8 Å². The summed E-state index contributed by atoms with van der Waals surface area (Å²) < 4.78 is 45.0. The second-order valence-electron chi connectivity index (χ2n) is 6.62. The van der Waals surface area contributed by atoms with Gasteiger partial charge in [0.2, 0.25) is 0 Å². The number of aromatic nitrogens is 2. The van der Waals surface area contributed by atoms with E-state index in [1.807, 2.05) is 37.3 Å². The maximum absolute atomic E-state index is 12.7. The van der Waals surface area contributed by atoms with Gasteiger partial charge in [-0.15, -0.1) is 0 Å². The molecule has 0 saturated carbocycles. The molecule has 1 atom stereocenters. The van der Waals surface area contributed by atoms with Crippen molar-refractivity contribution in [1.29, 1.82) is 0 Å². The molecular weight excluding hydrogens is 399 g/mol. The van der Waals surface area contributed by atoms with Gasteiger partial charge in [0.1, 0.15) is 18.5 Å². The number of benzene rings is 2. The first kappa shape index (κ1) is 21.4. The highest BCUT2D eigenvalue weighted by molar-refractivity contribution is 5.92. The largest absolute Gasteiger partial charge is 0.491 e. The van der Waals surface area contributed by atoms with Crippen molar-refractivity contribution in [3.63, 3.8) is 0 Å². The third kappa shape index (κ3) is 5.38. The highest BCUT2D eigenvalue weighted by Crippen LogP contribution is 2.31. The van der Waals surface area contributed by atoms with Crippen LogP contribution in [0.5, 0.6) is 5.75 Å². The Hall–Kier alpha value is -3.33. The van der Waals surface area contributed by atoms with Gasteiger partial charge in [0.25, 0.3) is 5.91 Å². The van der Waals surface area contributed by atoms with Crippen LogP contribution in [0.15, 0.2) is 60.7 Å². The quantitative estimate of drug-likeness (QED) is 0.616. The average molecular weight is 419 g/mol. The van der Waals surface area contributed by atoms with Crippen LogP contribution in [-0.2, 0) is 6.18 Å². The lowest BCUT2D eigenvalue weighted by Gasteiger charge is -2.14. The third-order valence-electron chi connectivity index (χ3n) is 4.22. The molecule has 3 rings (SSSR count). The molecule has 0 aliphatic rings. The molecule has 2 aromatic carbocycles. The predicted molar refractivity (Wildman–Crippen MR) is 104 cm³/mol. The van der Waals surface area contributed by atoms with Crippen molar-refractivity contribution in [2.75, 3.05) is 13.2 Å². The number of carbonyl (C=O) groups is 1. The maximum Gasteiger partial charge on any atom is 0.416 e. The van der Waals surface area contributed by atoms with Crippen molar-refractivity contribution < 1.29 is 27.8 Å². The zero-order valence-electron chi connectivity index (χ0n) is 16.1. The van der Waals surface area contributed by atoms with E-state index >= 15 is 0 Å². The van der Waals surface area contributed by atoms with E-state index in [2.05, 4.69) is 10.4 Å². The minimum absolute atomic E-state index is 0.0209. The number of halogens is 3. The Balaban J connectivity index is 1.53. The van der Waals surface area contributed by atoms with Gasteiger partial charge in [0.15, 0.2) is 5.69 Å². The SMILES string of the molecule is Cc1cc(C(=O)NCC(O)COc2cccc(C(F)(F)F)c2)nn1-c1ccccc1. The average Bonchev–Trinajstić information content (AvgIpc) is 3.12. The first-order valence-corrected chi connectivity index (χ1v) is 9.12. The minimum atomic E-state index is -4.48. The summed E-state index contributed by atoms with van der Waals surface area (Å²) in [5, 5.41) is 16.8. The van der Waals surface area contributed by atoms with Gasteiger partial charge in [-0.3, -0.25) is 4.79 Å². The van der Waals surface area contributed by atoms with E-state index in [0.29, 0.717) is 0 Å². The van der Waals surface area contributed by atoms with Crippen LogP contribution in [0.2, 0.25) is 0 Å². The summed E-state index contributed by atoms with van der Waals surface area (Å²) >= 11 is 0. The van der Waals surface area contributed by atoms with Crippen molar-refractivity contribution in [2.45, 2.75) is 19.2 Å². The first-order valence-electron chi connectivity index (χ1n) is 9.12. The molecular formula is C21H20F3N3O3. The molecule has 0 spiro atoms. The molecule has 1 heterocycles. The Morgan fingerprint density at radius 3 is 2.60 bits per heavy atom. The number of nitrogens with one attached hydrogen (secondary N) is 1. The number of ether oxygens (including phenoxy) is 1. The molecule has 6 nitrogen and oxygen atoms in total. The van der Waals surface area contributed by atoms with Crippen LogP contribution in [0.4, 0.5) is 13.2 Å². The van der Waals surface area contributed by atoms with Crippen LogP contribution in [-0.4, -0.2) is 40.0 Å². The summed E-state index contributed by atoms with van der Waals surface area (Å²) in [5.74, 6) is -0.502. The van der Waals surface area contributed by atoms with Crippen LogP contribution in [0.1, 0.15) is 21.7 Å². The highest BCUT2D eigenvalue weighted by Gasteiger charge is 2.30. The number of carbonyl (C=O) groups excluding carboxylic acids is 1. The van der Waals surface area contributed by atoms with E-state index in [9.17, 15) is 23.1 Å². The molecule has 0 saturated heterocycles. The van der Waals surface area contributed by atoms with Gasteiger partial charge in [-0.25, -0.2) is 4.68 Å². The lowest BCUT2D eigenvalue weighted by Crippen LogP contribution is -2.35. The van der Waals surface area contributed by atoms with Crippen LogP contribution < -0.4 is 10.1 Å². The number of para-hydroxylation sites is 1. The normalized spacial score (nSPS) is 12.4. The van der Waals surface area contributed by atoms with E-state index in [1.165, 1.54) is 12.1 Å². The Kier molecular flexibility index (Phi) is 6.41. The molecule has 1 aromatic heterocycles. The predicted octanol–water partition coefficient (Wildman–Crippen LogP) is 3.37. The summed E-state index contributed by atoms with van der Waals surface area (Å²) in [7, 11) is 0. The van der Waals surface area contributed by atoms with Crippen molar-refractivity contribution in [3.05, 3.63) is 77.6 Å². The molecule has 0 fully saturated rings. The number of hydrogen-bond donors (Lipinski definition) is 2. The molecule has 0 aliphatic heterocycles. The Morgan fingerprint density at radius 1 is 1.17 bits per heavy atom. The van der Waals surface area contributed by atoms with Gasteiger partial charge in [-0.05, 0) is 43.3 Å². The molecule has 3 aromatic rings. The Morgan fingerprint density at radius 2 is 1.90 bits per heavy atom. The number of hydrogen-bond acceptors (Lipinski definition) is 4. The lowest BCUT2D eigenvalue weighted by molar-refractivity contribution is -0.137. The highest BCUT2D eigenvalue weighted by atomic mass is 19.4. The molecule has 0 radical (unpaired) electrons. The maximum atomic E-state index is 12.7. The second-order valence-corrected chi connectivity index (χ2v) is 6.62. The van der Waals surface area contributed by atoms with Crippen molar-refractivity contribution >= 4 is 5.91 Å². The number of aliphatic hydroxyl groups is 1. The van der Waals surface area contributed by atoms with E-state index in [4.69, 9.17) is 4.74 Å². The monoisotopic (exact) mass is 419 g/mol. The summed E-state index contributed by atoms with van der Waals surface area (Å²) in [6, 6.07) is 15.3. The molecule has 0 bridgehead atoms. The molecule has 2 N–H and O–H groups in total. The molecule has 158 valence electrons. The van der Waals surface area contributed by atoms with Gasteiger partial charge >= 0.3 is 6.18 Å². The minimum Gasteiger partial charge on any atom is -0.491 e. The molecule has 1 unspecified atom stereocenters. The van der Waals surface area contributed by atoms with Crippen LogP contribution in [0.3, 0.4) is 0 Å². The van der Waals surface area contributed by atoms with E-state index in [0.717, 1.165) is 23.5 Å². The molecule has 0 aliphatic carbocycles. The van der Waals surface area contributed by atoms with Gasteiger partial charge in [-0.1, -0.05) is 24.3 Å². The number of nitrogens with zero attached hydrogens (tertiary/aromatic N) is 2. The Bertz CT molecular complexity index is 1000. The zero-order chi connectivity index (χ0) is 21.7. The summed E-state index contributed by atoms with van der Waals surface area (Å²) in [5.41, 5.74) is 0.915. The number of rotatable bonds is 7. The van der Waals surface area contributed by atoms with Gasteiger partial charge in [0, 0.05) is 12.2 Å². The molecule has 30 heavy (non-hydrogen) atoms. The topological polar surface area (TPSA) is 76.4 Å². The van der Waals surface area contributed by atoms with Crippen LogP contribution >= 0.6 is 0 Å². The van der Waals surface area contributed by atoms with Gasteiger partial charge in [-0.2, -0.15) is 18.3 Å².